The molecule has 0 atom stereocenters. The third-order valence-corrected chi connectivity index (χ3v) is 2.59. The number of hydrogen-bond donors (Lipinski definition) is 1. The molecule has 1 aromatic rings. The number of aromatic hydroxyl groups is 1. The van der Waals surface area contributed by atoms with Crippen LogP contribution in [0.1, 0.15) is 22.3 Å². The van der Waals surface area contributed by atoms with Gasteiger partial charge in [0.15, 0.2) is 0 Å². The lowest BCUT2D eigenvalue weighted by Crippen LogP contribution is -2.42. The quantitative estimate of drug-likeness (QED) is 0.731. The van der Waals surface area contributed by atoms with Crippen molar-refractivity contribution in [3.8, 4) is 5.75 Å². The van der Waals surface area contributed by atoms with Crippen LogP contribution in [0.15, 0.2) is 18.2 Å². The highest BCUT2D eigenvalue weighted by Gasteiger charge is 2.21. The second-order valence-electron chi connectivity index (χ2n) is 3.65. The molecule has 1 aromatic carbocycles. The van der Waals surface area contributed by atoms with Crippen molar-refractivity contribution >= 4 is 5.91 Å². The Balaban J connectivity index is 2.23. The Morgan fingerprint density at radius 1 is 1.43 bits per heavy atom. The third kappa shape index (κ3) is 1.45. The average Bonchev–Trinajstić information content (AvgIpc) is 2.06. The highest BCUT2D eigenvalue weighted by atomic mass is 16.3. The van der Waals surface area contributed by atoms with E-state index in [9.17, 15) is 9.90 Å². The minimum atomic E-state index is 0.0688. The van der Waals surface area contributed by atoms with Crippen molar-refractivity contribution in [2.75, 3.05) is 13.1 Å². The molecule has 0 aliphatic carbocycles. The van der Waals surface area contributed by atoms with Crippen molar-refractivity contribution in [1.82, 2.24) is 4.90 Å². The topological polar surface area (TPSA) is 40.5 Å². The van der Waals surface area contributed by atoms with E-state index < -0.39 is 0 Å². The summed E-state index contributed by atoms with van der Waals surface area (Å²) in [5.74, 6) is 0.310. The summed E-state index contributed by atoms with van der Waals surface area (Å²) >= 11 is 0. The van der Waals surface area contributed by atoms with Crippen LogP contribution < -0.4 is 0 Å². The van der Waals surface area contributed by atoms with E-state index in [2.05, 4.69) is 0 Å². The summed E-state index contributed by atoms with van der Waals surface area (Å²) in [7, 11) is 0. The number of phenolic OH excluding ortho intramolecular Hbond substituents is 1. The smallest absolute Gasteiger partial charge is 0.253 e. The minimum absolute atomic E-state index is 0.0688. The summed E-state index contributed by atoms with van der Waals surface area (Å²) in [5.41, 5.74) is 1.41. The number of amides is 1. The van der Waals surface area contributed by atoms with Crippen LogP contribution in [-0.2, 0) is 0 Å². The average molecular weight is 191 g/mol. The fourth-order valence-corrected chi connectivity index (χ4v) is 1.49. The van der Waals surface area contributed by atoms with Gasteiger partial charge in [0.25, 0.3) is 5.91 Å². The molecule has 0 saturated carbocycles. The minimum Gasteiger partial charge on any atom is -0.508 e. The Kier molecular flexibility index (Phi) is 2.15. The van der Waals surface area contributed by atoms with Gasteiger partial charge < -0.3 is 10.0 Å². The van der Waals surface area contributed by atoms with Gasteiger partial charge in [-0.3, -0.25) is 4.79 Å². The molecule has 1 aliphatic heterocycles. The Morgan fingerprint density at radius 2 is 2.14 bits per heavy atom. The molecule has 0 radical (unpaired) electrons. The van der Waals surface area contributed by atoms with Gasteiger partial charge in [-0.25, -0.2) is 0 Å². The van der Waals surface area contributed by atoms with E-state index >= 15 is 0 Å². The van der Waals surface area contributed by atoms with E-state index in [0.29, 0.717) is 5.56 Å². The number of likely N-dealkylation sites (tertiary alicyclic amines) is 1. The SMILES string of the molecule is Cc1cc(C(=O)N2CCC2)ccc1O. The van der Waals surface area contributed by atoms with Crippen molar-refractivity contribution in [2.45, 2.75) is 13.3 Å². The number of phenols is 1. The zero-order valence-corrected chi connectivity index (χ0v) is 8.16. The number of nitrogens with zero attached hydrogens (tertiary/aromatic N) is 1. The first kappa shape index (κ1) is 9.06. The second-order valence-corrected chi connectivity index (χ2v) is 3.65. The monoisotopic (exact) mass is 191 g/mol. The van der Waals surface area contributed by atoms with Gasteiger partial charge in [-0.1, -0.05) is 0 Å². The molecular formula is C11H13NO2. The highest BCUT2D eigenvalue weighted by Crippen LogP contribution is 2.19. The van der Waals surface area contributed by atoms with Crippen LogP contribution in [-0.4, -0.2) is 29.0 Å². The van der Waals surface area contributed by atoms with Crippen molar-refractivity contribution in [3.05, 3.63) is 29.3 Å². The van der Waals surface area contributed by atoms with E-state index in [1.165, 1.54) is 0 Å². The van der Waals surface area contributed by atoms with E-state index in [1.807, 2.05) is 4.90 Å². The Morgan fingerprint density at radius 3 is 2.64 bits per heavy atom. The molecule has 1 heterocycles. The first-order chi connectivity index (χ1) is 6.68. The van der Waals surface area contributed by atoms with Crippen LogP contribution in [0.3, 0.4) is 0 Å². The third-order valence-electron chi connectivity index (χ3n) is 2.59. The molecule has 0 aromatic heterocycles. The lowest BCUT2D eigenvalue weighted by molar-refractivity contribution is 0.0651. The van der Waals surface area contributed by atoms with E-state index in [-0.39, 0.29) is 11.7 Å². The van der Waals surface area contributed by atoms with Gasteiger partial charge in [0, 0.05) is 18.7 Å². The molecule has 0 spiro atoms. The van der Waals surface area contributed by atoms with Crippen LogP contribution in [0.25, 0.3) is 0 Å². The summed E-state index contributed by atoms with van der Waals surface area (Å²) < 4.78 is 0. The van der Waals surface area contributed by atoms with Gasteiger partial charge in [0.1, 0.15) is 5.75 Å². The molecule has 1 fully saturated rings. The number of aryl methyl sites for hydroxylation is 1. The second kappa shape index (κ2) is 3.33. The lowest BCUT2D eigenvalue weighted by Gasteiger charge is -2.31. The molecule has 14 heavy (non-hydrogen) atoms. The Labute approximate surface area is 83.0 Å². The Bertz CT molecular complexity index is 370. The zero-order chi connectivity index (χ0) is 10.1. The van der Waals surface area contributed by atoms with E-state index in [4.69, 9.17) is 0 Å². The fraction of sp³-hybridized carbons (Fsp3) is 0.364. The van der Waals surface area contributed by atoms with Gasteiger partial charge >= 0.3 is 0 Å². The molecule has 3 heteroatoms. The molecule has 1 aliphatic rings. The maximum absolute atomic E-state index is 11.7. The maximum Gasteiger partial charge on any atom is 0.253 e. The van der Waals surface area contributed by atoms with E-state index in [1.54, 1.807) is 25.1 Å². The number of carbonyl (C=O) groups excluding carboxylic acids is 1. The number of rotatable bonds is 1. The fourth-order valence-electron chi connectivity index (χ4n) is 1.49. The molecule has 2 rings (SSSR count). The predicted octanol–water partition coefficient (Wildman–Crippen LogP) is 1.55. The van der Waals surface area contributed by atoms with Crippen LogP contribution in [0.5, 0.6) is 5.75 Å². The summed E-state index contributed by atoms with van der Waals surface area (Å²) in [6.45, 7) is 3.51. The Hall–Kier alpha value is -1.51. The van der Waals surface area contributed by atoms with Gasteiger partial charge in [0.2, 0.25) is 0 Å². The number of benzene rings is 1. The molecular weight excluding hydrogens is 178 g/mol. The molecule has 1 amide bonds. The molecule has 1 N–H and O–H groups in total. The zero-order valence-electron chi connectivity index (χ0n) is 8.16. The van der Waals surface area contributed by atoms with Gasteiger partial charge in [-0.15, -0.1) is 0 Å². The summed E-state index contributed by atoms with van der Waals surface area (Å²) in [5, 5.41) is 9.31. The van der Waals surface area contributed by atoms with Crippen LogP contribution in [0.2, 0.25) is 0 Å². The van der Waals surface area contributed by atoms with Crippen LogP contribution >= 0.6 is 0 Å². The van der Waals surface area contributed by atoms with Crippen molar-refractivity contribution in [1.29, 1.82) is 0 Å². The number of hydrogen-bond acceptors (Lipinski definition) is 2. The van der Waals surface area contributed by atoms with E-state index in [0.717, 1.165) is 25.1 Å². The molecule has 3 nitrogen and oxygen atoms in total. The van der Waals surface area contributed by atoms with Crippen molar-refractivity contribution in [3.63, 3.8) is 0 Å². The number of carbonyl (C=O) groups is 1. The standard InChI is InChI=1S/C11H13NO2/c1-8-7-9(3-4-10(8)13)11(14)12-5-2-6-12/h3-4,7,13H,2,5-6H2,1H3. The molecule has 1 saturated heterocycles. The van der Waals surface area contributed by atoms with Gasteiger partial charge in [0.05, 0.1) is 0 Å². The summed E-state index contributed by atoms with van der Waals surface area (Å²) in [4.78, 5) is 13.5. The lowest BCUT2D eigenvalue weighted by atomic mass is 10.1. The predicted molar refractivity (Wildman–Crippen MR) is 53.4 cm³/mol. The summed E-state index contributed by atoms with van der Waals surface area (Å²) in [6.07, 6.45) is 1.10. The largest absolute Gasteiger partial charge is 0.508 e. The van der Waals surface area contributed by atoms with Crippen LogP contribution in [0.4, 0.5) is 0 Å². The molecule has 0 unspecified atom stereocenters. The molecule has 74 valence electrons. The first-order valence-electron chi connectivity index (χ1n) is 4.77. The highest BCUT2D eigenvalue weighted by molar-refractivity contribution is 5.95. The van der Waals surface area contributed by atoms with Crippen molar-refractivity contribution < 1.29 is 9.90 Å². The summed E-state index contributed by atoms with van der Waals surface area (Å²) in [6, 6.07) is 4.97. The molecule has 0 bridgehead atoms. The van der Waals surface area contributed by atoms with Gasteiger partial charge in [-0.2, -0.15) is 0 Å². The van der Waals surface area contributed by atoms with Gasteiger partial charge in [-0.05, 0) is 37.1 Å². The van der Waals surface area contributed by atoms with Crippen molar-refractivity contribution in [2.24, 2.45) is 0 Å². The first-order valence-corrected chi connectivity index (χ1v) is 4.77. The normalized spacial score (nSPS) is 15.1. The maximum atomic E-state index is 11.7. The van der Waals surface area contributed by atoms with Crippen LogP contribution in [0, 0.1) is 6.92 Å².